The van der Waals surface area contributed by atoms with Gasteiger partial charge in [-0.3, -0.25) is 0 Å². The normalized spacial score (nSPS) is 11.2. The van der Waals surface area contributed by atoms with E-state index < -0.39 is 0 Å². The topological polar surface area (TPSA) is 73.6 Å². The highest BCUT2D eigenvalue weighted by atomic mass is 16.5. The van der Waals surface area contributed by atoms with Gasteiger partial charge in [0.05, 0.1) is 5.69 Å². The van der Waals surface area contributed by atoms with Gasteiger partial charge in [0.25, 0.3) is 6.02 Å². The minimum Gasteiger partial charge on any atom is -0.426 e. The number of anilines is 1. The number of nitrogens with zero attached hydrogens (tertiary/aromatic N) is 1. The van der Waals surface area contributed by atoms with E-state index in [1.54, 1.807) is 24.3 Å². The molecular weight excluding hydrogens is 214 g/mol. The van der Waals surface area contributed by atoms with Gasteiger partial charge in [0.2, 0.25) is 0 Å². The summed E-state index contributed by atoms with van der Waals surface area (Å²) in [7, 11) is 0. The summed E-state index contributed by atoms with van der Waals surface area (Å²) in [6, 6.07) is 16.4. The summed E-state index contributed by atoms with van der Waals surface area (Å²) in [6.45, 7) is 0. The second kappa shape index (κ2) is 5.03. The van der Waals surface area contributed by atoms with Crippen molar-refractivity contribution in [1.82, 2.24) is 0 Å². The van der Waals surface area contributed by atoms with E-state index in [2.05, 4.69) is 4.99 Å². The number of hydrogen-bond donors (Lipinski definition) is 2. The fourth-order valence-corrected chi connectivity index (χ4v) is 1.31. The predicted octanol–water partition coefficient (Wildman–Crippen LogP) is 2.29. The van der Waals surface area contributed by atoms with E-state index in [1.165, 1.54) is 0 Å². The number of benzene rings is 2. The number of aliphatic imine (C=N–C) groups is 1. The molecule has 86 valence electrons. The van der Waals surface area contributed by atoms with Crippen LogP contribution in [0.25, 0.3) is 0 Å². The molecule has 0 saturated carbocycles. The monoisotopic (exact) mass is 227 g/mol. The molecule has 0 aliphatic carbocycles. The van der Waals surface area contributed by atoms with Gasteiger partial charge in [0.1, 0.15) is 5.75 Å². The van der Waals surface area contributed by atoms with Crippen LogP contribution in [0.2, 0.25) is 0 Å². The maximum atomic E-state index is 5.67. The molecule has 4 N–H and O–H groups in total. The molecule has 0 spiro atoms. The molecule has 0 heterocycles. The van der Waals surface area contributed by atoms with Gasteiger partial charge in [-0.15, -0.1) is 0 Å². The van der Waals surface area contributed by atoms with E-state index in [4.69, 9.17) is 16.2 Å². The largest absolute Gasteiger partial charge is 0.426 e. The first-order chi connectivity index (χ1) is 8.24. The Morgan fingerprint density at radius 3 is 2.24 bits per heavy atom. The van der Waals surface area contributed by atoms with Crippen molar-refractivity contribution in [1.29, 1.82) is 0 Å². The molecule has 0 aliphatic rings. The lowest BCUT2D eigenvalue weighted by atomic mass is 10.3. The van der Waals surface area contributed by atoms with Crippen molar-refractivity contribution >= 4 is 17.4 Å². The molecule has 0 unspecified atom stereocenters. The number of para-hydroxylation sites is 1. The first kappa shape index (κ1) is 11.0. The quantitative estimate of drug-likeness (QED) is 0.469. The van der Waals surface area contributed by atoms with Crippen LogP contribution in [0, 0.1) is 0 Å². The Labute approximate surface area is 99.5 Å². The van der Waals surface area contributed by atoms with E-state index in [0.717, 1.165) is 0 Å². The van der Waals surface area contributed by atoms with Gasteiger partial charge in [0.15, 0.2) is 0 Å². The summed E-state index contributed by atoms with van der Waals surface area (Å²) in [5.41, 5.74) is 12.6. The molecule has 2 aromatic rings. The summed E-state index contributed by atoms with van der Waals surface area (Å²) in [5, 5.41) is 0. The molecule has 0 bridgehead atoms. The Kier molecular flexibility index (Phi) is 3.25. The maximum Gasteiger partial charge on any atom is 0.292 e. The van der Waals surface area contributed by atoms with Crippen LogP contribution in [-0.4, -0.2) is 6.02 Å². The van der Waals surface area contributed by atoms with Crippen molar-refractivity contribution in [2.24, 2.45) is 10.7 Å². The van der Waals surface area contributed by atoms with E-state index >= 15 is 0 Å². The second-order valence-electron chi connectivity index (χ2n) is 3.46. The summed E-state index contributed by atoms with van der Waals surface area (Å²) >= 11 is 0. The van der Waals surface area contributed by atoms with Crippen LogP contribution in [0.5, 0.6) is 5.75 Å². The number of hydrogen-bond acceptors (Lipinski definition) is 3. The number of nitrogen functional groups attached to an aromatic ring is 1. The number of rotatable bonds is 2. The molecular formula is C13H13N3O. The van der Waals surface area contributed by atoms with Gasteiger partial charge in [-0.1, -0.05) is 18.2 Å². The number of amidine groups is 1. The average Bonchev–Trinajstić information content (AvgIpc) is 2.33. The summed E-state index contributed by atoms with van der Waals surface area (Å²) in [4.78, 5) is 4.11. The SMILES string of the molecule is NC(=Nc1ccc(N)cc1)Oc1ccccc1. The van der Waals surface area contributed by atoms with Crippen molar-refractivity contribution in [3.63, 3.8) is 0 Å². The molecule has 17 heavy (non-hydrogen) atoms. The minimum atomic E-state index is 0.0981. The standard InChI is InChI=1S/C13H13N3O/c14-10-6-8-11(9-7-10)16-13(15)17-12-4-2-1-3-5-12/h1-9H,14H2,(H2,15,16). The predicted molar refractivity (Wildman–Crippen MR) is 69.2 cm³/mol. The van der Waals surface area contributed by atoms with E-state index in [-0.39, 0.29) is 6.02 Å². The van der Waals surface area contributed by atoms with Crippen molar-refractivity contribution in [2.75, 3.05) is 5.73 Å². The second-order valence-corrected chi connectivity index (χ2v) is 3.46. The Balaban J connectivity index is 2.09. The molecule has 0 radical (unpaired) electrons. The average molecular weight is 227 g/mol. The molecule has 0 fully saturated rings. The highest BCUT2D eigenvalue weighted by Gasteiger charge is 1.97. The van der Waals surface area contributed by atoms with Crippen molar-refractivity contribution in [3.8, 4) is 5.75 Å². The van der Waals surface area contributed by atoms with Crippen LogP contribution in [0.15, 0.2) is 59.6 Å². The fraction of sp³-hybridized carbons (Fsp3) is 0. The minimum absolute atomic E-state index is 0.0981. The first-order valence-corrected chi connectivity index (χ1v) is 5.16. The Morgan fingerprint density at radius 2 is 1.59 bits per heavy atom. The van der Waals surface area contributed by atoms with E-state index in [0.29, 0.717) is 17.1 Å². The van der Waals surface area contributed by atoms with Gasteiger partial charge in [-0.25, -0.2) is 0 Å². The number of ether oxygens (including phenoxy) is 1. The lowest BCUT2D eigenvalue weighted by Gasteiger charge is -2.03. The molecule has 0 aliphatic heterocycles. The van der Waals surface area contributed by atoms with E-state index in [9.17, 15) is 0 Å². The maximum absolute atomic E-state index is 5.67. The summed E-state index contributed by atoms with van der Waals surface area (Å²) in [5.74, 6) is 0.657. The lowest BCUT2D eigenvalue weighted by Crippen LogP contribution is -2.18. The molecule has 2 rings (SSSR count). The van der Waals surface area contributed by atoms with Crippen LogP contribution < -0.4 is 16.2 Å². The molecule has 4 nitrogen and oxygen atoms in total. The van der Waals surface area contributed by atoms with Gasteiger partial charge in [0, 0.05) is 5.69 Å². The molecule has 0 amide bonds. The third kappa shape index (κ3) is 3.24. The van der Waals surface area contributed by atoms with Crippen LogP contribution in [0.1, 0.15) is 0 Å². The van der Waals surface area contributed by atoms with Crippen LogP contribution >= 0.6 is 0 Å². The zero-order chi connectivity index (χ0) is 12.1. The lowest BCUT2D eigenvalue weighted by molar-refractivity contribution is 0.543. The Bertz CT molecular complexity index is 506. The van der Waals surface area contributed by atoms with Gasteiger partial charge >= 0.3 is 0 Å². The smallest absolute Gasteiger partial charge is 0.292 e. The van der Waals surface area contributed by atoms with Crippen molar-refractivity contribution in [3.05, 3.63) is 54.6 Å². The highest BCUT2D eigenvalue weighted by molar-refractivity contribution is 5.77. The first-order valence-electron chi connectivity index (χ1n) is 5.16. The zero-order valence-electron chi connectivity index (χ0n) is 9.21. The van der Waals surface area contributed by atoms with Crippen LogP contribution in [0.4, 0.5) is 11.4 Å². The van der Waals surface area contributed by atoms with E-state index in [1.807, 2.05) is 30.3 Å². The van der Waals surface area contributed by atoms with Crippen molar-refractivity contribution < 1.29 is 4.74 Å². The highest BCUT2D eigenvalue weighted by Crippen LogP contribution is 2.15. The third-order valence-electron chi connectivity index (χ3n) is 2.10. The number of nitrogens with two attached hydrogens (primary N) is 2. The zero-order valence-corrected chi connectivity index (χ0v) is 9.21. The Hall–Kier alpha value is -2.49. The van der Waals surface area contributed by atoms with Gasteiger partial charge in [-0.05, 0) is 36.4 Å². The van der Waals surface area contributed by atoms with Crippen molar-refractivity contribution in [2.45, 2.75) is 0 Å². The van der Waals surface area contributed by atoms with Crippen LogP contribution in [-0.2, 0) is 0 Å². The molecule has 0 aromatic heterocycles. The summed E-state index contributed by atoms with van der Waals surface area (Å²) in [6.07, 6.45) is 0. The van der Waals surface area contributed by atoms with Crippen LogP contribution in [0.3, 0.4) is 0 Å². The fourth-order valence-electron chi connectivity index (χ4n) is 1.31. The molecule has 2 aromatic carbocycles. The van der Waals surface area contributed by atoms with Gasteiger partial charge < -0.3 is 16.2 Å². The summed E-state index contributed by atoms with van der Waals surface area (Å²) < 4.78 is 5.35. The molecule has 0 saturated heterocycles. The third-order valence-corrected chi connectivity index (χ3v) is 2.10. The van der Waals surface area contributed by atoms with Gasteiger partial charge in [-0.2, -0.15) is 4.99 Å². The molecule has 4 heteroatoms. The molecule has 0 atom stereocenters. The Morgan fingerprint density at radius 1 is 0.941 bits per heavy atom.